The molecule has 0 bridgehead atoms. The second kappa shape index (κ2) is 7.50. The molecule has 0 aromatic rings. The summed E-state index contributed by atoms with van der Waals surface area (Å²) in [5.41, 5.74) is 0. The fraction of sp³-hybridized carbons (Fsp3) is 0.800. The van der Waals surface area contributed by atoms with Gasteiger partial charge < -0.3 is 20.1 Å². The van der Waals surface area contributed by atoms with Crippen molar-refractivity contribution in [1.82, 2.24) is 0 Å². The maximum atomic E-state index is 9.72. The van der Waals surface area contributed by atoms with Crippen LogP contribution in [0.2, 0.25) is 0 Å². The largest absolute Gasteiger partial charge is 1.00 e. The molecule has 54 valence electrons. The third-order valence-electron chi connectivity index (χ3n) is 0.892. The molecule has 0 fully saturated rings. The molecule has 1 unspecified atom stereocenters. The van der Waals surface area contributed by atoms with E-state index in [1.54, 1.807) is 0 Å². The van der Waals surface area contributed by atoms with Gasteiger partial charge in [0.15, 0.2) is 0 Å². The van der Waals surface area contributed by atoms with Crippen LogP contribution in [-0.2, 0) is 4.79 Å². The van der Waals surface area contributed by atoms with Crippen molar-refractivity contribution in [2.45, 2.75) is 18.9 Å². The van der Waals surface area contributed by atoms with Crippen LogP contribution in [0.5, 0.6) is 0 Å². The molecular formula is C5H9NaO4. The first-order valence-corrected chi connectivity index (χ1v) is 2.65. The molecule has 5 heteroatoms. The first kappa shape index (κ1) is 13.0. The Hall–Kier alpha value is 0.390. The first-order chi connectivity index (χ1) is 4.16. The quantitative estimate of drug-likeness (QED) is 0.399. The Morgan fingerprint density at radius 3 is 2.40 bits per heavy atom. The van der Waals surface area contributed by atoms with E-state index in [2.05, 4.69) is 0 Å². The zero-order valence-electron chi connectivity index (χ0n) is 5.91. The summed E-state index contributed by atoms with van der Waals surface area (Å²) in [7, 11) is 0. The van der Waals surface area contributed by atoms with Gasteiger partial charge in [-0.1, -0.05) is 0 Å². The van der Waals surface area contributed by atoms with Crippen molar-refractivity contribution in [1.29, 1.82) is 0 Å². The summed E-state index contributed by atoms with van der Waals surface area (Å²) >= 11 is 0. The average Bonchev–Trinajstić information content (AvgIpc) is 1.83. The molecule has 1 atom stereocenters. The number of carboxylic acids is 1. The minimum absolute atomic E-state index is 0. The Morgan fingerprint density at radius 2 is 2.10 bits per heavy atom. The number of carbonyl (C=O) groups is 1. The molecule has 0 aromatic heterocycles. The van der Waals surface area contributed by atoms with Gasteiger partial charge in [0.05, 0.1) is 12.7 Å². The minimum Gasteiger partial charge on any atom is -0.550 e. The molecule has 0 aromatic carbocycles. The predicted octanol–water partition coefficient (Wildman–Crippen LogP) is -5.13. The van der Waals surface area contributed by atoms with Gasteiger partial charge in [-0.2, -0.15) is 0 Å². The Kier molecular flexibility index (Phi) is 9.76. The van der Waals surface area contributed by atoms with Crippen LogP contribution in [0.25, 0.3) is 0 Å². The van der Waals surface area contributed by atoms with Gasteiger partial charge in [0.2, 0.25) is 0 Å². The summed E-state index contributed by atoms with van der Waals surface area (Å²) in [6.45, 7) is -0.396. The number of rotatable bonds is 4. The summed E-state index contributed by atoms with van der Waals surface area (Å²) in [4.78, 5) is 9.72. The van der Waals surface area contributed by atoms with Gasteiger partial charge in [-0.15, -0.1) is 0 Å². The number of hydrogen-bond donors (Lipinski definition) is 2. The molecule has 4 nitrogen and oxygen atoms in total. The molecule has 0 aliphatic rings. The van der Waals surface area contributed by atoms with Gasteiger partial charge >= 0.3 is 29.6 Å². The Labute approximate surface area is 81.2 Å². The van der Waals surface area contributed by atoms with Crippen LogP contribution in [0.3, 0.4) is 0 Å². The normalized spacial score (nSPS) is 11.8. The van der Waals surface area contributed by atoms with Gasteiger partial charge in [-0.05, 0) is 12.8 Å². The third-order valence-corrected chi connectivity index (χ3v) is 0.892. The summed E-state index contributed by atoms with van der Waals surface area (Å²) in [5, 5.41) is 26.5. The van der Waals surface area contributed by atoms with E-state index in [1.807, 2.05) is 0 Å². The minimum atomic E-state index is -1.21. The second-order valence-electron chi connectivity index (χ2n) is 1.75. The second-order valence-corrected chi connectivity index (χ2v) is 1.75. The molecule has 0 spiro atoms. The molecule has 0 saturated carbocycles. The molecule has 0 aliphatic carbocycles. The monoisotopic (exact) mass is 156 g/mol. The fourth-order valence-electron chi connectivity index (χ4n) is 0.376. The van der Waals surface area contributed by atoms with Crippen molar-refractivity contribution in [3.05, 3.63) is 0 Å². The summed E-state index contributed by atoms with van der Waals surface area (Å²) in [5.74, 6) is -1.21. The van der Waals surface area contributed by atoms with E-state index in [0.717, 1.165) is 0 Å². The molecule has 0 saturated heterocycles. The van der Waals surface area contributed by atoms with Crippen LogP contribution in [-0.4, -0.2) is 28.9 Å². The first-order valence-electron chi connectivity index (χ1n) is 2.65. The Balaban J connectivity index is 0. The molecule has 0 amide bonds. The Bertz CT molecular complexity index is 95.6. The SMILES string of the molecule is O=C([O-])CCC(O)CO.[Na+]. The smallest absolute Gasteiger partial charge is 0.550 e. The fourth-order valence-corrected chi connectivity index (χ4v) is 0.376. The zero-order valence-corrected chi connectivity index (χ0v) is 7.91. The van der Waals surface area contributed by atoms with Crippen LogP contribution in [0.1, 0.15) is 12.8 Å². The molecule has 0 radical (unpaired) electrons. The van der Waals surface area contributed by atoms with Crippen molar-refractivity contribution in [2.75, 3.05) is 6.61 Å². The van der Waals surface area contributed by atoms with Crippen molar-refractivity contribution in [3.63, 3.8) is 0 Å². The number of carbonyl (C=O) groups excluding carboxylic acids is 1. The molecule has 0 rings (SSSR count). The number of hydrogen-bond acceptors (Lipinski definition) is 4. The van der Waals surface area contributed by atoms with E-state index >= 15 is 0 Å². The average molecular weight is 156 g/mol. The van der Waals surface area contributed by atoms with E-state index in [1.165, 1.54) is 0 Å². The topological polar surface area (TPSA) is 80.6 Å². The standard InChI is InChI=1S/C5H10O4.Na/c6-3-4(7)1-2-5(8)9;/h4,6-7H,1-3H2,(H,8,9);/q;+1/p-1. The van der Waals surface area contributed by atoms with Gasteiger partial charge in [-0.25, -0.2) is 0 Å². The molecule has 0 heterocycles. The van der Waals surface area contributed by atoms with Gasteiger partial charge in [-0.3, -0.25) is 0 Å². The summed E-state index contributed by atoms with van der Waals surface area (Å²) < 4.78 is 0. The number of aliphatic hydroxyl groups excluding tert-OH is 2. The Morgan fingerprint density at radius 1 is 1.60 bits per heavy atom. The van der Waals surface area contributed by atoms with Crippen molar-refractivity contribution < 1.29 is 49.7 Å². The maximum Gasteiger partial charge on any atom is 1.00 e. The molecular weight excluding hydrogens is 147 g/mol. The van der Waals surface area contributed by atoms with Crippen LogP contribution in [0.15, 0.2) is 0 Å². The van der Waals surface area contributed by atoms with E-state index in [4.69, 9.17) is 10.2 Å². The number of carboxylic acid groups (broad SMARTS) is 1. The maximum absolute atomic E-state index is 9.72. The van der Waals surface area contributed by atoms with Crippen LogP contribution >= 0.6 is 0 Å². The molecule has 0 aliphatic heterocycles. The zero-order chi connectivity index (χ0) is 7.28. The van der Waals surface area contributed by atoms with E-state index in [9.17, 15) is 9.90 Å². The van der Waals surface area contributed by atoms with Gasteiger partial charge in [0.25, 0.3) is 0 Å². The van der Waals surface area contributed by atoms with E-state index in [0.29, 0.717) is 0 Å². The third kappa shape index (κ3) is 8.39. The van der Waals surface area contributed by atoms with Crippen molar-refractivity contribution in [3.8, 4) is 0 Å². The van der Waals surface area contributed by atoms with Crippen LogP contribution in [0, 0.1) is 0 Å². The number of aliphatic carboxylic acids is 1. The van der Waals surface area contributed by atoms with Gasteiger partial charge in [0, 0.05) is 5.97 Å². The van der Waals surface area contributed by atoms with Crippen molar-refractivity contribution >= 4 is 5.97 Å². The van der Waals surface area contributed by atoms with E-state index < -0.39 is 18.7 Å². The summed E-state index contributed by atoms with van der Waals surface area (Å²) in [6, 6.07) is 0. The van der Waals surface area contributed by atoms with Gasteiger partial charge in [0.1, 0.15) is 0 Å². The molecule has 10 heavy (non-hydrogen) atoms. The summed E-state index contributed by atoms with van der Waals surface area (Å²) in [6.07, 6.45) is -1.08. The van der Waals surface area contributed by atoms with Crippen LogP contribution in [0.4, 0.5) is 0 Å². The van der Waals surface area contributed by atoms with E-state index in [-0.39, 0.29) is 42.4 Å². The van der Waals surface area contributed by atoms with Crippen LogP contribution < -0.4 is 34.7 Å². The number of aliphatic hydroxyl groups is 2. The molecule has 2 N–H and O–H groups in total. The van der Waals surface area contributed by atoms with Crippen molar-refractivity contribution in [2.24, 2.45) is 0 Å². The predicted molar refractivity (Wildman–Crippen MR) is 27.3 cm³/mol.